The van der Waals surface area contributed by atoms with Gasteiger partial charge in [0.15, 0.2) is 0 Å². The van der Waals surface area contributed by atoms with Crippen LogP contribution in [0.3, 0.4) is 0 Å². The number of aryl methyl sites for hydroxylation is 1. The summed E-state index contributed by atoms with van der Waals surface area (Å²) >= 11 is 0. The maximum atomic E-state index is 12.3. The number of nitrogens with zero attached hydrogens (tertiary/aromatic N) is 2. The topological polar surface area (TPSA) is 84.2 Å². The zero-order valence-corrected chi connectivity index (χ0v) is 11.5. The van der Waals surface area contributed by atoms with Crippen molar-refractivity contribution >= 4 is 16.8 Å². The van der Waals surface area contributed by atoms with Gasteiger partial charge in [-0.1, -0.05) is 12.1 Å². The number of hydrogen-bond acceptors (Lipinski definition) is 4. The first-order chi connectivity index (χ1) is 9.52. The Kier molecular flexibility index (Phi) is 4.14. The van der Waals surface area contributed by atoms with Crippen LogP contribution >= 0.6 is 0 Å². The van der Waals surface area contributed by atoms with Gasteiger partial charge in [-0.25, -0.2) is 4.98 Å². The number of carbonyl (C=O) groups is 1. The van der Waals surface area contributed by atoms with Crippen molar-refractivity contribution < 1.29 is 9.90 Å². The third-order valence-electron chi connectivity index (χ3n) is 3.05. The number of hydrogen-bond donors (Lipinski definition) is 2. The number of amides is 1. The average Bonchev–Trinajstić information content (AvgIpc) is 2.42. The van der Waals surface area contributed by atoms with Gasteiger partial charge in [0.2, 0.25) is 5.91 Å². The number of rotatable bonds is 4. The van der Waals surface area contributed by atoms with Gasteiger partial charge in [0.25, 0.3) is 5.56 Å². The molecule has 1 amide bonds. The molecule has 2 N–H and O–H groups in total. The normalized spacial score (nSPS) is 12.3. The van der Waals surface area contributed by atoms with Gasteiger partial charge in [0.05, 0.1) is 23.8 Å². The molecule has 0 saturated heterocycles. The Hall–Kier alpha value is -2.21. The standard InChI is InChI=1S/C14H17N3O3/c1-9-4-3-5-11-13(9)15-8-17(14(11)20)6-12(19)16-10(2)7-18/h3-5,8,10,18H,6-7H2,1-2H3,(H,16,19). The predicted molar refractivity (Wildman–Crippen MR) is 75.4 cm³/mol. The summed E-state index contributed by atoms with van der Waals surface area (Å²) < 4.78 is 1.27. The summed E-state index contributed by atoms with van der Waals surface area (Å²) in [6.07, 6.45) is 1.38. The van der Waals surface area contributed by atoms with Gasteiger partial charge in [-0.05, 0) is 25.5 Å². The number of aliphatic hydroxyl groups excluding tert-OH is 1. The van der Waals surface area contributed by atoms with Crippen LogP contribution in [-0.4, -0.2) is 33.2 Å². The van der Waals surface area contributed by atoms with Crippen LogP contribution in [0.2, 0.25) is 0 Å². The molecule has 0 fully saturated rings. The lowest BCUT2D eigenvalue weighted by Gasteiger charge is -2.12. The summed E-state index contributed by atoms with van der Waals surface area (Å²) in [6.45, 7) is 3.31. The summed E-state index contributed by atoms with van der Waals surface area (Å²) in [5.74, 6) is -0.331. The van der Waals surface area contributed by atoms with E-state index in [0.717, 1.165) is 5.56 Å². The molecule has 106 valence electrons. The van der Waals surface area contributed by atoms with E-state index in [4.69, 9.17) is 5.11 Å². The summed E-state index contributed by atoms with van der Waals surface area (Å²) in [6, 6.07) is 5.03. The monoisotopic (exact) mass is 275 g/mol. The molecule has 0 radical (unpaired) electrons. The van der Waals surface area contributed by atoms with E-state index in [0.29, 0.717) is 10.9 Å². The van der Waals surface area contributed by atoms with Crippen molar-refractivity contribution in [2.24, 2.45) is 0 Å². The number of carbonyl (C=O) groups excluding carboxylic acids is 1. The van der Waals surface area contributed by atoms with E-state index in [2.05, 4.69) is 10.3 Å². The largest absolute Gasteiger partial charge is 0.394 e. The van der Waals surface area contributed by atoms with Crippen LogP contribution in [0.1, 0.15) is 12.5 Å². The van der Waals surface area contributed by atoms with Crippen molar-refractivity contribution in [3.8, 4) is 0 Å². The first kappa shape index (κ1) is 14.2. The number of nitrogens with one attached hydrogen (secondary N) is 1. The molecule has 2 rings (SSSR count). The van der Waals surface area contributed by atoms with Crippen molar-refractivity contribution in [1.82, 2.24) is 14.9 Å². The molecule has 1 unspecified atom stereocenters. The summed E-state index contributed by atoms with van der Waals surface area (Å²) in [7, 11) is 0. The number of fused-ring (bicyclic) bond motifs is 1. The van der Waals surface area contributed by atoms with E-state index in [1.807, 2.05) is 13.0 Å². The van der Waals surface area contributed by atoms with Gasteiger partial charge < -0.3 is 10.4 Å². The lowest BCUT2D eigenvalue weighted by Crippen LogP contribution is -2.39. The number of aliphatic hydroxyl groups is 1. The lowest BCUT2D eigenvalue weighted by molar-refractivity contribution is -0.122. The average molecular weight is 275 g/mol. The molecule has 1 atom stereocenters. The molecule has 0 aliphatic rings. The van der Waals surface area contributed by atoms with E-state index in [-0.39, 0.29) is 30.7 Å². The van der Waals surface area contributed by atoms with Crippen molar-refractivity contribution in [1.29, 1.82) is 0 Å². The van der Waals surface area contributed by atoms with E-state index < -0.39 is 0 Å². The first-order valence-corrected chi connectivity index (χ1v) is 6.38. The molecular weight excluding hydrogens is 258 g/mol. The fourth-order valence-electron chi connectivity index (χ4n) is 1.97. The van der Waals surface area contributed by atoms with Gasteiger partial charge in [0, 0.05) is 6.04 Å². The predicted octanol–water partition coefficient (Wildman–Crippen LogP) is 0.202. The molecule has 1 aromatic carbocycles. The fourth-order valence-corrected chi connectivity index (χ4v) is 1.97. The Bertz CT molecular complexity index is 694. The van der Waals surface area contributed by atoms with E-state index in [1.165, 1.54) is 10.9 Å². The molecule has 6 heteroatoms. The molecule has 0 aliphatic carbocycles. The highest BCUT2D eigenvalue weighted by Gasteiger charge is 2.10. The fraction of sp³-hybridized carbons (Fsp3) is 0.357. The maximum Gasteiger partial charge on any atom is 0.261 e. The van der Waals surface area contributed by atoms with Gasteiger partial charge >= 0.3 is 0 Å². The molecule has 6 nitrogen and oxygen atoms in total. The van der Waals surface area contributed by atoms with Crippen LogP contribution < -0.4 is 10.9 Å². The van der Waals surface area contributed by atoms with E-state index in [9.17, 15) is 9.59 Å². The van der Waals surface area contributed by atoms with Gasteiger partial charge in [0.1, 0.15) is 6.54 Å². The number of benzene rings is 1. The highest BCUT2D eigenvalue weighted by molar-refractivity contribution is 5.81. The van der Waals surface area contributed by atoms with Crippen molar-refractivity contribution in [2.45, 2.75) is 26.4 Å². The summed E-state index contributed by atoms with van der Waals surface area (Å²) in [4.78, 5) is 28.2. The Morgan fingerprint density at radius 2 is 2.25 bits per heavy atom. The second kappa shape index (κ2) is 5.83. The molecule has 0 aliphatic heterocycles. The minimum Gasteiger partial charge on any atom is -0.394 e. The van der Waals surface area contributed by atoms with Gasteiger partial charge in [-0.15, -0.1) is 0 Å². The molecule has 0 spiro atoms. The quantitative estimate of drug-likeness (QED) is 0.835. The zero-order chi connectivity index (χ0) is 14.7. The summed E-state index contributed by atoms with van der Waals surface area (Å²) in [5.41, 5.74) is 1.33. The highest BCUT2D eigenvalue weighted by Crippen LogP contribution is 2.10. The SMILES string of the molecule is Cc1cccc2c(=O)n(CC(=O)NC(C)CO)cnc12. The third kappa shape index (κ3) is 2.85. The Morgan fingerprint density at radius 3 is 2.95 bits per heavy atom. The first-order valence-electron chi connectivity index (χ1n) is 6.38. The van der Waals surface area contributed by atoms with Gasteiger partial charge in [-0.2, -0.15) is 0 Å². The second-order valence-electron chi connectivity index (χ2n) is 4.80. The smallest absolute Gasteiger partial charge is 0.261 e. The molecule has 20 heavy (non-hydrogen) atoms. The second-order valence-corrected chi connectivity index (χ2v) is 4.80. The van der Waals surface area contributed by atoms with Crippen molar-refractivity contribution in [3.63, 3.8) is 0 Å². The maximum absolute atomic E-state index is 12.3. The van der Waals surface area contributed by atoms with Crippen LogP contribution in [0, 0.1) is 6.92 Å². The van der Waals surface area contributed by atoms with Gasteiger partial charge in [-0.3, -0.25) is 14.2 Å². The number of aromatic nitrogens is 2. The molecule has 1 aromatic heterocycles. The Balaban J connectivity index is 2.30. The van der Waals surface area contributed by atoms with E-state index in [1.54, 1.807) is 19.1 Å². The van der Waals surface area contributed by atoms with Crippen LogP contribution in [-0.2, 0) is 11.3 Å². The number of para-hydroxylation sites is 1. The molecule has 1 heterocycles. The van der Waals surface area contributed by atoms with Crippen LogP contribution in [0.25, 0.3) is 10.9 Å². The van der Waals surface area contributed by atoms with E-state index >= 15 is 0 Å². The molecule has 0 saturated carbocycles. The molecule has 0 bridgehead atoms. The van der Waals surface area contributed by atoms with Crippen molar-refractivity contribution in [3.05, 3.63) is 40.4 Å². The molecule has 2 aromatic rings. The lowest BCUT2D eigenvalue weighted by atomic mass is 10.1. The van der Waals surface area contributed by atoms with Crippen molar-refractivity contribution in [2.75, 3.05) is 6.61 Å². The third-order valence-corrected chi connectivity index (χ3v) is 3.05. The highest BCUT2D eigenvalue weighted by atomic mass is 16.3. The Labute approximate surface area is 116 Å². The molecular formula is C14H17N3O3. The minimum atomic E-state index is -0.339. The van der Waals surface area contributed by atoms with Crippen LogP contribution in [0.4, 0.5) is 0 Å². The van der Waals surface area contributed by atoms with Crippen LogP contribution in [0.15, 0.2) is 29.3 Å². The Morgan fingerprint density at radius 1 is 1.50 bits per heavy atom. The zero-order valence-electron chi connectivity index (χ0n) is 11.5. The minimum absolute atomic E-state index is 0.111. The van der Waals surface area contributed by atoms with Crippen LogP contribution in [0.5, 0.6) is 0 Å². The summed E-state index contributed by atoms with van der Waals surface area (Å²) in [5, 5.41) is 12.0.